The van der Waals surface area contributed by atoms with E-state index in [9.17, 15) is 19.5 Å². The Morgan fingerprint density at radius 2 is 1.72 bits per heavy atom. The molecule has 1 atom stereocenters. The molecule has 2 rings (SSSR count). The summed E-state index contributed by atoms with van der Waals surface area (Å²) in [6, 6.07) is 12.2. The van der Waals surface area contributed by atoms with Crippen molar-refractivity contribution in [2.75, 3.05) is 7.05 Å². The van der Waals surface area contributed by atoms with Crippen molar-refractivity contribution in [1.29, 1.82) is 0 Å². The average Bonchev–Trinajstić information content (AvgIpc) is 2.62. The zero-order chi connectivity index (χ0) is 18.4. The van der Waals surface area contributed by atoms with Crippen LogP contribution in [0.25, 0.3) is 0 Å². The lowest BCUT2D eigenvalue weighted by molar-refractivity contribution is -0.129. The van der Waals surface area contributed by atoms with E-state index in [1.807, 2.05) is 0 Å². The molecule has 0 bridgehead atoms. The van der Waals surface area contributed by atoms with Crippen molar-refractivity contribution < 1.29 is 24.2 Å². The van der Waals surface area contributed by atoms with Gasteiger partial charge in [0.25, 0.3) is 5.91 Å². The van der Waals surface area contributed by atoms with Crippen molar-refractivity contribution in [3.05, 3.63) is 65.2 Å². The Balaban J connectivity index is 2.30. The van der Waals surface area contributed by atoms with Crippen molar-refractivity contribution >= 4 is 17.9 Å². The number of phenolic OH excluding ortho intramolecular Hbond substituents is 1. The van der Waals surface area contributed by atoms with E-state index in [4.69, 9.17) is 4.74 Å². The van der Waals surface area contributed by atoms with E-state index in [1.165, 1.54) is 13.1 Å². The third kappa shape index (κ3) is 4.35. The van der Waals surface area contributed by atoms with Crippen molar-refractivity contribution in [3.63, 3.8) is 0 Å². The minimum Gasteiger partial charge on any atom is -0.507 e. The van der Waals surface area contributed by atoms with E-state index in [0.29, 0.717) is 11.1 Å². The predicted molar refractivity (Wildman–Crippen MR) is 90.0 cm³/mol. The molecule has 0 radical (unpaired) electrons. The quantitative estimate of drug-likeness (QED) is 0.738. The Bertz CT molecular complexity index is 789. The van der Waals surface area contributed by atoms with Crippen molar-refractivity contribution in [1.82, 2.24) is 10.6 Å². The maximum absolute atomic E-state index is 12.4. The Kier molecular flexibility index (Phi) is 5.73. The van der Waals surface area contributed by atoms with Crippen LogP contribution in [0.4, 0.5) is 4.79 Å². The van der Waals surface area contributed by atoms with E-state index >= 15 is 0 Å². The standard InChI is InChI=1S/C18H18N2O5/c1-11-7-6-10-13(14(11)21)17(23)25-15(12-8-4-3-5-9-12)16(22)20-18(24)19-2/h3-10,15,21H,1-2H3,(H2,19,20,22,24)/t15-/m1/s1. The Hall–Kier alpha value is -3.35. The summed E-state index contributed by atoms with van der Waals surface area (Å²) in [4.78, 5) is 36.1. The summed E-state index contributed by atoms with van der Waals surface area (Å²) in [7, 11) is 1.36. The molecule has 0 aliphatic heterocycles. The minimum absolute atomic E-state index is 0.0614. The monoisotopic (exact) mass is 342 g/mol. The molecule has 0 fully saturated rings. The molecule has 130 valence electrons. The fourth-order valence-electron chi connectivity index (χ4n) is 2.13. The van der Waals surface area contributed by atoms with Crippen LogP contribution in [0, 0.1) is 6.92 Å². The fourth-order valence-corrected chi connectivity index (χ4v) is 2.13. The third-order valence-electron chi connectivity index (χ3n) is 3.49. The van der Waals surface area contributed by atoms with Crippen LogP contribution in [0.15, 0.2) is 48.5 Å². The van der Waals surface area contributed by atoms with Crippen LogP contribution in [-0.4, -0.2) is 30.1 Å². The van der Waals surface area contributed by atoms with Gasteiger partial charge in [-0.2, -0.15) is 0 Å². The highest BCUT2D eigenvalue weighted by Gasteiger charge is 2.28. The molecule has 0 spiro atoms. The van der Waals surface area contributed by atoms with Crippen molar-refractivity contribution in [2.24, 2.45) is 0 Å². The zero-order valence-electron chi connectivity index (χ0n) is 13.8. The first-order valence-corrected chi connectivity index (χ1v) is 7.51. The van der Waals surface area contributed by atoms with E-state index in [2.05, 4.69) is 10.6 Å². The Labute approximate surface area is 144 Å². The SMILES string of the molecule is CNC(=O)NC(=O)[C@H](OC(=O)c1cccc(C)c1O)c1ccccc1. The average molecular weight is 342 g/mol. The van der Waals surface area contributed by atoms with E-state index in [0.717, 1.165) is 0 Å². The highest BCUT2D eigenvalue weighted by molar-refractivity contribution is 5.99. The summed E-state index contributed by atoms with van der Waals surface area (Å²) in [5, 5.41) is 14.3. The molecule has 0 aromatic heterocycles. The van der Waals surface area contributed by atoms with Gasteiger partial charge in [0.05, 0.1) is 0 Å². The molecule has 0 saturated heterocycles. The number of nitrogens with one attached hydrogen (secondary N) is 2. The van der Waals surface area contributed by atoms with Crippen LogP contribution in [0.2, 0.25) is 0 Å². The summed E-state index contributed by atoms with van der Waals surface area (Å²) in [6.45, 7) is 1.64. The number of ether oxygens (including phenoxy) is 1. The molecule has 0 heterocycles. The topological polar surface area (TPSA) is 105 Å². The first-order valence-electron chi connectivity index (χ1n) is 7.51. The number of aromatic hydroxyl groups is 1. The van der Waals surface area contributed by atoms with E-state index < -0.39 is 24.0 Å². The number of para-hydroxylation sites is 1. The Morgan fingerprint density at radius 1 is 1.04 bits per heavy atom. The van der Waals surface area contributed by atoms with E-state index in [1.54, 1.807) is 49.4 Å². The van der Waals surface area contributed by atoms with Crippen LogP contribution in [0.1, 0.15) is 27.6 Å². The number of urea groups is 1. The largest absolute Gasteiger partial charge is 0.507 e. The molecule has 2 aromatic carbocycles. The van der Waals surface area contributed by atoms with Gasteiger partial charge in [0, 0.05) is 12.6 Å². The number of aryl methyl sites for hydroxylation is 1. The first-order chi connectivity index (χ1) is 11.9. The smallest absolute Gasteiger partial charge is 0.343 e. The number of amides is 3. The molecular weight excluding hydrogens is 324 g/mol. The molecule has 0 unspecified atom stereocenters. The lowest BCUT2D eigenvalue weighted by Gasteiger charge is -2.18. The number of carbonyl (C=O) groups is 3. The van der Waals surface area contributed by atoms with Crippen LogP contribution >= 0.6 is 0 Å². The number of hydrogen-bond donors (Lipinski definition) is 3. The zero-order valence-corrected chi connectivity index (χ0v) is 13.8. The summed E-state index contributed by atoms with van der Waals surface area (Å²) in [5.41, 5.74) is 0.832. The number of imide groups is 1. The highest BCUT2D eigenvalue weighted by atomic mass is 16.5. The summed E-state index contributed by atoms with van der Waals surface area (Å²) in [5.74, 6) is -1.89. The van der Waals surface area contributed by atoms with Crippen molar-refractivity contribution in [2.45, 2.75) is 13.0 Å². The summed E-state index contributed by atoms with van der Waals surface area (Å²) in [6.07, 6.45) is -1.34. The second kappa shape index (κ2) is 7.96. The minimum atomic E-state index is -1.34. The molecule has 0 aliphatic rings. The molecular formula is C18H18N2O5. The number of carbonyl (C=O) groups excluding carboxylic acids is 3. The van der Waals surface area contributed by atoms with Gasteiger partial charge in [-0.3, -0.25) is 10.1 Å². The first kappa shape index (κ1) is 18.0. The number of hydrogen-bond acceptors (Lipinski definition) is 5. The second-order valence-electron chi connectivity index (χ2n) is 5.24. The number of phenols is 1. The summed E-state index contributed by atoms with van der Waals surface area (Å²) < 4.78 is 5.27. The van der Waals surface area contributed by atoms with E-state index in [-0.39, 0.29) is 11.3 Å². The second-order valence-corrected chi connectivity index (χ2v) is 5.24. The van der Waals surface area contributed by atoms with Crippen LogP contribution in [0.3, 0.4) is 0 Å². The highest BCUT2D eigenvalue weighted by Crippen LogP contribution is 2.25. The van der Waals surface area contributed by atoms with Crippen molar-refractivity contribution in [3.8, 4) is 5.75 Å². The van der Waals surface area contributed by atoms with Gasteiger partial charge in [0.15, 0.2) is 0 Å². The van der Waals surface area contributed by atoms with Gasteiger partial charge in [-0.05, 0) is 18.6 Å². The molecule has 25 heavy (non-hydrogen) atoms. The maximum Gasteiger partial charge on any atom is 0.343 e. The van der Waals surface area contributed by atoms with Crippen LogP contribution in [-0.2, 0) is 9.53 Å². The Morgan fingerprint density at radius 3 is 2.36 bits per heavy atom. The molecule has 3 N–H and O–H groups in total. The van der Waals surface area contributed by atoms with Gasteiger partial charge >= 0.3 is 12.0 Å². The number of rotatable bonds is 4. The van der Waals surface area contributed by atoms with Gasteiger partial charge in [-0.15, -0.1) is 0 Å². The van der Waals surface area contributed by atoms with Crippen LogP contribution in [0.5, 0.6) is 5.75 Å². The predicted octanol–water partition coefficient (Wildman–Crippen LogP) is 2.05. The van der Waals surface area contributed by atoms with Gasteiger partial charge in [-0.1, -0.05) is 42.5 Å². The van der Waals surface area contributed by atoms with Gasteiger partial charge in [0.2, 0.25) is 6.10 Å². The normalized spacial score (nSPS) is 11.3. The lowest BCUT2D eigenvalue weighted by atomic mass is 10.1. The molecule has 0 saturated carbocycles. The number of benzene rings is 2. The fraction of sp³-hybridized carbons (Fsp3) is 0.167. The maximum atomic E-state index is 12.4. The molecule has 3 amide bonds. The molecule has 7 nitrogen and oxygen atoms in total. The van der Waals surface area contributed by atoms with Crippen LogP contribution < -0.4 is 10.6 Å². The lowest BCUT2D eigenvalue weighted by Crippen LogP contribution is -2.41. The third-order valence-corrected chi connectivity index (χ3v) is 3.49. The molecule has 2 aromatic rings. The van der Waals surface area contributed by atoms with Gasteiger partial charge in [0.1, 0.15) is 11.3 Å². The van der Waals surface area contributed by atoms with Gasteiger partial charge < -0.3 is 15.2 Å². The molecule has 0 aliphatic carbocycles. The number of esters is 1. The summed E-state index contributed by atoms with van der Waals surface area (Å²) >= 11 is 0. The van der Waals surface area contributed by atoms with Gasteiger partial charge in [-0.25, -0.2) is 9.59 Å². The molecule has 7 heteroatoms.